The molecule has 0 aliphatic heterocycles. The zero-order valence-electron chi connectivity index (χ0n) is 12.0. The van der Waals surface area contributed by atoms with Crippen LogP contribution in [-0.4, -0.2) is 12.6 Å². The van der Waals surface area contributed by atoms with Crippen molar-refractivity contribution in [3.05, 3.63) is 35.6 Å². The maximum Gasteiger partial charge on any atom is 0.123 e. The van der Waals surface area contributed by atoms with Gasteiger partial charge < -0.3 is 5.32 Å². The number of benzene rings is 1. The molecule has 0 unspecified atom stereocenters. The van der Waals surface area contributed by atoms with Gasteiger partial charge in [0.2, 0.25) is 0 Å². The molecule has 2 rings (SSSR count). The average molecular weight is 263 g/mol. The number of rotatable bonds is 6. The van der Waals surface area contributed by atoms with Crippen molar-refractivity contribution >= 4 is 0 Å². The SMILES string of the molecule is CCCC1CCC(NCCc2ccc(F)cc2)CC1. The molecule has 1 saturated carbocycles. The average Bonchev–Trinajstić information content (AvgIpc) is 2.43. The molecular formula is C17H26FN. The van der Waals surface area contributed by atoms with Crippen LogP contribution in [0, 0.1) is 11.7 Å². The van der Waals surface area contributed by atoms with Crippen LogP contribution in [0.5, 0.6) is 0 Å². The maximum absolute atomic E-state index is 12.8. The molecule has 1 nitrogen and oxygen atoms in total. The topological polar surface area (TPSA) is 12.0 Å². The Kier molecular flexibility index (Phi) is 5.84. The number of nitrogens with one attached hydrogen (secondary N) is 1. The molecule has 106 valence electrons. The number of hydrogen-bond acceptors (Lipinski definition) is 1. The Labute approximate surface area is 116 Å². The number of halogens is 1. The fourth-order valence-electron chi connectivity index (χ4n) is 3.14. The van der Waals surface area contributed by atoms with E-state index in [1.807, 2.05) is 12.1 Å². The highest BCUT2D eigenvalue weighted by molar-refractivity contribution is 5.16. The van der Waals surface area contributed by atoms with Crippen molar-refractivity contribution in [2.24, 2.45) is 5.92 Å². The van der Waals surface area contributed by atoms with Gasteiger partial charge in [-0.25, -0.2) is 4.39 Å². The van der Waals surface area contributed by atoms with Crippen LogP contribution in [0.1, 0.15) is 51.0 Å². The Morgan fingerprint density at radius 3 is 2.42 bits per heavy atom. The zero-order valence-corrected chi connectivity index (χ0v) is 12.0. The van der Waals surface area contributed by atoms with E-state index in [0.29, 0.717) is 6.04 Å². The van der Waals surface area contributed by atoms with E-state index in [-0.39, 0.29) is 5.82 Å². The lowest BCUT2D eigenvalue weighted by Gasteiger charge is -2.29. The first kappa shape index (κ1) is 14.5. The third kappa shape index (κ3) is 4.94. The molecule has 0 radical (unpaired) electrons. The van der Waals surface area contributed by atoms with E-state index in [0.717, 1.165) is 18.9 Å². The van der Waals surface area contributed by atoms with E-state index in [1.165, 1.54) is 44.1 Å². The fourth-order valence-corrected chi connectivity index (χ4v) is 3.14. The first-order valence-electron chi connectivity index (χ1n) is 7.75. The Morgan fingerprint density at radius 2 is 1.79 bits per heavy atom. The van der Waals surface area contributed by atoms with Gasteiger partial charge in [0, 0.05) is 6.04 Å². The minimum atomic E-state index is -0.147. The zero-order chi connectivity index (χ0) is 13.5. The molecule has 1 N–H and O–H groups in total. The van der Waals surface area contributed by atoms with Crippen molar-refractivity contribution in [2.75, 3.05) is 6.54 Å². The second kappa shape index (κ2) is 7.64. The highest BCUT2D eigenvalue weighted by Gasteiger charge is 2.19. The highest BCUT2D eigenvalue weighted by Crippen LogP contribution is 2.27. The summed E-state index contributed by atoms with van der Waals surface area (Å²) in [4.78, 5) is 0. The van der Waals surface area contributed by atoms with Crippen LogP contribution < -0.4 is 5.32 Å². The molecule has 2 heteroatoms. The normalized spacial score (nSPS) is 23.5. The Bertz CT molecular complexity index is 352. The summed E-state index contributed by atoms with van der Waals surface area (Å²) < 4.78 is 12.8. The number of hydrogen-bond donors (Lipinski definition) is 1. The van der Waals surface area contributed by atoms with E-state index in [2.05, 4.69) is 12.2 Å². The molecule has 0 amide bonds. The molecule has 0 heterocycles. The van der Waals surface area contributed by atoms with Crippen molar-refractivity contribution in [3.63, 3.8) is 0 Å². The molecule has 19 heavy (non-hydrogen) atoms. The van der Waals surface area contributed by atoms with Gasteiger partial charge in [-0.3, -0.25) is 0 Å². The van der Waals surface area contributed by atoms with Crippen LogP contribution in [0.15, 0.2) is 24.3 Å². The quantitative estimate of drug-likeness (QED) is 0.806. The van der Waals surface area contributed by atoms with Gasteiger partial charge in [0.05, 0.1) is 0 Å². The first-order valence-corrected chi connectivity index (χ1v) is 7.75. The van der Waals surface area contributed by atoms with E-state index in [9.17, 15) is 4.39 Å². The van der Waals surface area contributed by atoms with Crippen LogP contribution in [0.3, 0.4) is 0 Å². The minimum Gasteiger partial charge on any atom is -0.314 e. The predicted molar refractivity (Wildman–Crippen MR) is 78.8 cm³/mol. The summed E-state index contributed by atoms with van der Waals surface area (Å²) in [6.45, 7) is 3.29. The van der Waals surface area contributed by atoms with Gasteiger partial charge in [0.15, 0.2) is 0 Å². The van der Waals surface area contributed by atoms with Crippen molar-refractivity contribution < 1.29 is 4.39 Å². The van der Waals surface area contributed by atoms with Crippen LogP contribution in [0.4, 0.5) is 4.39 Å². The lowest BCUT2D eigenvalue weighted by Crippen LogP contribution is -2.34. The van der Waals surface area contributed by atoms with Gasteiger partial charge in [0.1, 0.15) is 5.82 Å². The molecule has 0 atom stereocenters. The molecule has 1 aliphatic carbocycles. The summed E-state index contributed by atoms with van der Waals surface area (Å²) in [6.07, 6.45) is 9.16. The van der Waals surface area contributed by atoms with Gasteiger partial charge in [-0.2, -0.15) is 0 Å². The van der Waals surface area contributed by atoms with E-state index < -0.39 is 0 Å². The highest BCUT2D eigenvalue weighted by atomic mass is 19.1. The van der Waals surface area contributed by atoms with Crippen LogP contribution >= 0.6 is 0 Å². The molecule has 1 aromatic rings. The molecule has 0 spiro atoms. The molecular weight excluding hydrogens is 237 g/mol. The summed E-state index contributed by atoms with van der Waals surface area (Å²) >= 11 is 0. The maximum atomic E-state index is 12.8. The molecule has 1 aliphatic rings. The van der Waals surface area contributed by atoms with Gasteiger partial charge in [-0.15, -0.1) is 0 Å². The monoisotopic (exact) mass is 263 g/mol. The van der Waals surface area contributed by atoms with Gasteiger partial charge in [-0.1, -0.05) is 31.9 Å². The van der Waals surface area contributed by atoms with Gasteiger partial charge in [0.25, 0.3) is 0 Å². The van der Waals surface area contributed by atoms with E-state index in [1.54, 1.807) is 12.1 Å². The summed E-state index contributed by atoms with van der Waals surface area (Å²) in [5, 5.41) is 3.65. The molecule has 1 fully saturated rings. The first-order chi connectivity index (χ1) is 9.28. The molecule has 0 saturated heterocycles. The Balaban J connectivity index is 1.63. The van der Waals surface area contributed by atoms with Crippen molar-refractivity contribution in [1.29, 1.82) is 0 Å². The lowest BCUT2D eigenvalue weighted by atomic mass is 9.83. The van der Waals surface area contributed by atoms with Gasteiger partial charge >= 0.3 is 0 Å². The minimum absolute atomic E-state index is 0.147. The van der Waals surface area contributed by atoms with E-state index in [4.69, 9.17) is 0 Å². The van der Waals surface area contributed by atoms with Gasteiger partial charge in [-0.05, 0) is 62.3 Å². The largest absolute Gasteiger partial charge is 0.314 e. The smallest absolute Gasteiger partial charge is 0.123 e. The molecule has 0 bridgehead atoms. The van der Waals surface area contributed by atoms with Crippen molar-refractivity contribution in [1.82, 2.24) is 5.32 Å². The second-order valence-electron chi connectivity index (χ2n) is 5.84. The Morgan fingerprint density at radius 1 is 1.11 bits per heavy atom. The van der Waals surface area contributed by atoms with Crippen LogP contribution in [-0.2, 0) is 6.42 Å². The summed E-state index contributed by atoms with van der Waals surface area (Å²) in [6, 6.07) is 7.56. The standard InChI is InChI=1S/C17H26FN/c1-2-3-14-6-10-17(11-7-14)19-13-12-15-4-8-16(18)9-5-15/h4-5,8-9,14,17,19H,2-3,6-7,10-13H2,1H3. The summed E-state index contributed by atoms with van der Waals surface area (Å²) in [5.74, 6) is 0.825. The Hall–Kier alpha value is -0.890. The summed E-state index contributed by atoms with van der Waals surface area (Å²) in [7, 11) is 0. The van der Waals surface area contributed by atoms with Crippen LogP contribution in [0.25, 0.3) is 0 Å². The van der Waals surface area contributed by atoms with Crippen molar-refractivity contribution in [2.45, 2.75) is 57.9 Å². The molecule has 0 aromatic heterocycles. The summed E-state index contributed by atoms with van der Waals surface area (Å²) in [5.41, 5.74) is 1.22. The second-order valence-corrected chi connectivity index (χ2v) is 5.84. The fraction of sp³-hybridized carbons (Fsp3) is 0.647. The third-order valence-corrected chi connectivity index (χ3v) is 4.30. The predicted octanol–water partition coefficient (Wildman–Crippen LogP) is 4.32. The molecule has 1 aromatic carbocycles. The third-order valence-electron chi connectivity index (χ3n) is 4.30. The lowest BCUT2D eigenvalue weighted by molar-refractivity contribution is 0.279. The van der Waals surface area contributed by atoms with Crippen LogP contribution in [0.2, 0.25) is 0 Å². The van der Waals surface area contributed by atoms with Crippen molar-refractivity contribution in [3.8, 4) is 0 Å². The van der Waals surface area contributed by atoms with E-state index >= 15 is 0 Å².